The second-order valence-electron chi connectivity index (χ2n) is 12.9. The maximum atomic E-state index is 12.3. The van der Waals surface area contributed by atoms with Gasteiger partial charge in [0.25, 0.3) is 0 Å². The molecule has 0 aliphatic heterocycles. The number of ether oxygens (including phenoxy) is 4. The van der Waals surface area contributed by atoms with E-state index in [9.17, 15) is 14.7 Å². The number of carbonyl (C=O) groups is 2. The van der Waals surface area contributed by atoms with Gasteiger partial charge >= 0.3 is 11.9 Å². The first kappa shape index (κ1) is 41.8. The van der Waals surface area contributed by atoms with E-state index in [1.54, 1.807) is 0 Å². The Balaban J connectivity index is 2.34. The number of likely N-dealkylation sites (N-methyl/N-ethyl adjacent to an activating group) is 1. The maximum Gasteiger partial charge on any atom is 0.308 e. The third-order valence-electron chi connectivity index (χ3n) is 8.70. The zero-order valence-corrected chi connectivity index (χ0v) is 29.5. The summed E-state index contributed by atoms with van der Waals surface area (Å²) in [5.74, 6) is -0.447. The van der Waals surface area contributed by atoms with Crippen LogP contribution in [0, 0.1) is 0 Å². The van der Waals surface area contributed by atoms with Gasteiger partial charge in [-0.05, 0) is 32.7 Å². The van der Waals surface area contributed by atoms with Gasteiger partial charge in [-0.3, -0.25) is 14.5 Å². The van der Waals surface area contributed by atoms with Gasteiger partial charge in [0, 0.05) is 32.2 Å². The Morgan fingerprint density at radius 2 is 1.24 bits per heavy atom. The maximum absolute atomic E-state index is 12.3. The van der Waals surface area contributed by atoms with Crippen LogP contribution in [-0.2, 0) is 28.5 Å². The van der Waals surface area contributed by atoms with E-state index in [4.69, 9.17) is 18.9 Å². The van der Waals surface area contributed by atoms with E-state index >= 15 is 0 Å². The number of nitrogens with zero attached hydrogens (tertiary/aromatic N) is 2. The van der Waals surface area contributed by atoms with E-state index in [0.717, 1.165) is 38.8 Å². The number of unbranched alkanes of at least 4 members (excludes halogenated alkanes) is 12. The molecule has 1 aliphatic carbocycles. The Hall–Kier alpha value is -1.26. The Bertz CT molecular complexity index is 692. The SMILES string of the molecule is CCCCCCCCCOC(=O)CCOCC(CN(C)CCN(CCO)C1CCC1)OCCC(=O)OCCCCCCCCC. The van der Waals surface area contributed by atoms with Gasteiger partial charge in [0.2, 0.25) is 0 Å². The van der Waals surface area contributed by atoms with E-state index in [2.05, 4.69) is 30.7 Å². The molecule has 1 unspecified atom stereocenters. The zero-order chi connectivity index (χ0) is 32.8. The first-order valence-corrected chi connectivity index (χ1v) is 18.5. The van der Waals surface area contributed by atoms with Crippen molar-refractivity contribution in [2.45, 2.75) is 148 Å². The third kappa shape index (κ3) is 24.6. The van der Waals surface area contributed by atoms with Gasteiger partial charge in [-0.15, -0.1) is 0 Å². The van der Waals surface area contributed by atoms with Crippen molar-refractivity contribution in [3.8, 4) is 0 Å². The molecule has 0 aromatic carbocycles. The lowest BCUT2D eigenvalue weighted by Gasteiger charge is -2.38. The molecule has 0 amide bonds. The molecular formula is C36H70N2O7. The molecule has 266 valence electrons. The fraction of sp³-hybridized carbons (Fsp3) is 0.944. The monoisotopic (exact) mass is 643 g/mol. The molecule has 0 aromatic rings. The van der Waals surface area contributed by atoms with E-state index in [0.29, 0.717) is 39.0 Å². The van der Waals surface area contributed by atoms with E-state index in [1.807, 2.05) is 0 Å². The highest BCUT2D eigenvalue weighted by molar-refractivity contribution is 5.69. The van der Waals surface area contributed by atoms with Crippen LogP contribution in [-0.4, -0.2) is 112 Å². The largest absolute Gasteiger partial charge is 0.466 e. The van der Waals surface area contributed by atoms with Gasteiger partial charge in [0.05, 0.1) is 58.6 Å². The smallest absolute Gasteiger partial charge is 0.308 e. The fourth-order valence-corrected chi connectivity index (χ4v) is 5.56. The lowest BCUT2D eigenvalue weighted by atomic mass is 9.91. The summed E-state index contributed by atoms with van der Waals surface area (Å²) in [5.41, 5.74) is 0. The van der Waals surface area contributed by atoms with Crippen LogP contribution in [0.2, 0.25) is 0 Å². The summed E-state index contributed by atoms with van der Waals surface area (Å²) in [6, 6.07) is 0.582. The summed E-state index contributed by atoms with van der Waals surface area (Å²) in [7, 11) is 2.06. The number of rotatable bonds is 33. The van der Waals surface area contributed by atoms with Crippen LogP contribution in [0.15, 0.2) is 0 Å². The molecule has 9 heteroatoms. The minimum Gasteiger partial charge on any atom is -0.466 e. The van der Waals surface area contributed by atoms with Crippen molar-refractivity contribution < 1.29 is 33.6 Å². The summed E-state index contributed by atoms with van der Waals surface area (Å²) in [5, 5.41) is 9.48. The molecule has 0 spiro atoms. The zero-order valence-electron chi connectivity index (χ0n) is 29.5. The summed E-state index contributed by atoms with van der Waals surface area (Å²) in [6.45, 7) is 9.56. The highest BCUT2D eigenvalue weighted by atomic mass is 16.6. The van der Waals surface area contributed by atoms with E-state index in [1.165, 1.54) is 83.5 Å². The van der Waals surface area contributed by atoms with Crippen molar-refractivity contribution in [2.24, 2.45) is 0 Å². The van der Waals surface area contributed by atoms with Crippen LogP contribution in [0.5, 0.6) is 0 Å². The van der Waals surface area contributed by atoms with Gasteiger partial charge in [0.15, 0.2) is 0 Å². The van der Waals surface area contributed by atoms with Crippen molar-refractivity contribution in [3.63, 3.8) is 0 Å². The predicted molar refractivity (Wildman–Crippen MR) is 181 cm³/mol. The number of aliphatic hydroxyl groups excluding tert-OH is 1. The molecule has 1 saturated carbocycles. The number of aliphatic hydroxyl groups is 1. The Morgan fingerprint density at radius 3 is 1.76 bits per heavy atom. The molecule has 1 rings (SSSR count). The van der Waals surface area contributed by atoms with Crippen molar-refractivity contribution in [1.29, 1.82) is 0 Å². The number of hydrogen-bond acceptors (Lipinski definition) is 9. The topological polar surface area (TPSA) is 97.8 Å². The first-order chi connectivity index (χ1) is 22.0. The Labute approximate surface area is 276 Å². The molecule has 0 radical (unpaired) electrons. The molecule has 1 N–H and O–H groups in total. The summed E-state index contributed by atoms with van der Waals surface area (Å²) >= 11 is 0. The third-order valence-corrected chi connectivity index (χ3v) is 8.70. The van der Waals surface area contributed by atoms with Crippen molar-refractivity contribution in [3.05, 3.63) is 0 Å². The van der Waals surface area contributed by atoms with E-state index < -0.39 is 0 Å². The second-order valence-corrected chi connectivity index (χ2v) is 12.9. The van der Waals surface area contributed by atoms with Crippen molar-refractivity contribution in [2.75, 3.05) is 72.9 Å². The molecule has 0 heterocycles. The summed E-state index contributed by atoms with van der Waals surface area (Å²) in [6.07, 6.45) is 20.5. The normalized spacial score (nSPS) is 14.2. The Kier molecular flexibility index (Phi) is 27.9. The first-order valence-electron chi connectivity index (χ1n) is 18.5. The van der Waals surface area contributed by atoms with Gasteiger partial charge in [-0.1, -0.05) is 97.3 Å². The summed E-state index contributed by atoms with van der Waals surface area (Å²) in [4.78, 5) is 29.0. The van der Waals surface area contributed by atoms with Gasteiger partial charge in [-0.2, -0.15) is 0 Å². The predicted octanol–water partition coefficient (Wildman–Crippen LogP) is 6.53. The molecule has 9 nitrogen and oxygen atoms in total. The van der Waals surface area contributed by atoms with Crippen LogP contribution >= 0.6 is 0 Å². The Morgan fingerprint density at radius 1 is 0.711 bits per heavy atom. The molecule has 45 heavy (non-hydrogen) atoms. The van der Waals surface area contributed by atoms with Gasteiger partial charge in [-0.25, -0.2) is 0 Å². The lowest BCUT2D eigenvalue weighted by molar-refractivity contribution is -0.147. The number of hydrogen-bond donors (Lipinski definition) is 1. The molecule has 0 saturated heterocycles. The van der Waals surface area contributed by atoms with Crippen LogP contribution in [0.3, 0.4) is 0 Å². The fourth-order valence-electron chi connectivity index (χ4n) is 5.56. The quantitative estimate of drug-likeness (QED) is 0.0633. The number of carbonyl (C=O) groups excluding carboxylic acids is 2. The van der Waals surface area contributed by atoms with Crippen LogP contribution in [0.4, 0.5) is 0 Å². The molecule has 1 atom stereocenters. The molecular weight excluding hydrogens is 572 g/mol. The van der Waals surface area contributed by atoms with Crippen LogP contribution < -0.4 is 0 Å². The van der Waals surface area contributed by atoms with Crippen molar-refractivity contribution >= 4 is 11.9 Å². The lowest BCUT2D eigenvalue weighted by Crippen LogP contribution is -2.46. The molecule has 1 fully saturated rings. The summed E-state index contributed by atoms with van der Waals surface area (Å²) < 4.78 is 22.7. The van der Waals surface area contributed by atoms with Crippen LogP contribution in [0.25, 0.3) is 0 Å². The second kappa shape index (κ2) is 30.1. The van der Waals surface area contributed by atoms with Crippen LogP contribution in [0.1, 0.15) is 136 Å². The minimum atomic E-state index is -0.232. The average molecular weight is 643 g/mol. The molecule has 1 aliphatic rings. The molecule has 0 bridgehead atoms. The minimum absolute atomic E-state index is 0.177. The van der Waals surface area contributed by atoms with Gasteiger partial charge in [0.1, 0.15) is 0 Å². The standard InChI is InChI=1S/C36H70N2O7/c1-4-6-8-10-12-14-16-27-44-35(40)21-29-42-32-34(31-37(3)23-24-38(25-26-39)33-19-18-20-33)43-30-22-36(41)45-28-17-15-13-11-9-7-5-2/h33-34,39H,4-32H2,1-3H3. The highest BCUT2D eigenvalue weighted by Gasteiger charge is 2.24. The van der Waals surface area contributed by atoms with E-state index in [-0.39, 0.29) is 50.7 Å². The highest BCUT2D eigenvalue weighted by Crippen LogP contribution is 2.24. The average Bonchev–Trinajstić information content (AvgIpc) is 2.99. The molecule has 0 aromatic heterocycles. The van der Waals surface area contributed by atoms with Gasteiger partial charge < -0.3 is 29.0 Å². The van der Waals surface area contributed by atoms with Crippen molar-refractivity contribution in [1.82, 2.24) is 9.80 Å². The number of esters is 2.